The number of hydrogen-bond acceptors (Lipinski definition) is 3. The Morgan fingerprint density at radius 3 is 2.50 bits per heavy atom. The van der Waals surface area contributed by atoms with Gasteiger partial charge in [-0.2, -0.15) is 0 Å². The first-order chi connectivity index (χ1) is 8.58. The van der Waals surface area contributed by atoms with E-state index in [0.717, 1.165) is 32.3 Å². The molecule has 1 aliphatic heterocycles. The second kappa shape index (κ2) is 7.74. The summed E-state index contributed by atoms with van der Waals surface area (Å²) >= 11 is 0. The van der Waals surface area contributed by atoms with E-state index in [1.165, 1.54) is 0 Å². The van der Waals surface area contributed by atoms with Gasteiger partial charge in [0.2, 0.25) is 5.91 Å². The summed E-state index contributed by atoms with van der Waals surface area (Å²) < 4.78 is 5.62. The molecule has 0 aliphatic carbocycles. The van der Waals surface area contributed by atoms with Crippen molar-refractivity contribution in [2.45, 2.75) is 77.6 Å². The maximum Gasteiger partial charge on any atom is 0.237 e. The SMILES string of the molecule is CCC(CC)NC(=O)C(C)NC(C)C1CCCO1. The predicted octanol–water partition coefficient (Wildman–Crippen LogP) is 1.84. The number of carbonyl (C=O) groups excluding carboxylic acids is 1. The van der Waals surface area contributed by atoms with E-state index in [2.05, 4.69) is 31.4 Å². The van der Waals surface area contributed by atoms with Gasteiger partial charge in [0, 0.05) is 18.7 Å². The number of rotatable bonds is 7. The Morgan fingerprint density at radius 1 is 1.33 bits per heavy atom. The normalized spacial score (nSPS) is 23.1. The summed E-state index contributed by atoms with van der Waals surface area (Å²) in [5.74, 6) is 0.0912. The van der Waals surface area contributed by atoms with Crippen LogP contribution in [0, 0.1) is 0 Å². The molecule has 2 N–H and O–H groups in total. The topological polar surface area (TPSA) is 50.4 Å². The molecule has 0 aromatic rings. The lowest BCUT2D eigenvalue weighted by Crippen LogP contribution is -2.51. The van der Waals surface area contributed by atoms with Gasteiger partial charge in [-0.15, -0.1) is 0 Å². The van der Waals surface area contributed by atoms with Crippen LogP contribution >= 0.6 is 0 Å². The molecule has 1 saturated heterocycles. The van der Waals surface area contributed by atoms with Crippen LogP contribution in [-0.4, -0.2) is 36.7 Å². The summed E-state index contributed by atoms with van der Waals surface area (Å²) in [5.41, 5.74) is 0. The van der Waals surface area contributed by atoms with Crippen molar-refractivity contribution in [3.63, 3.8) is 0 Å². The first-order valence-corrected chi connectivity index (χ1v) is 7.26. The summed E-state index contributed by atoms with van der Waals surface area (Å²) in [6, 6.07) is 0.361. The van der Waals surface area contributed by atoms with Crippen LogP contribution in [0.5, 0.6) is 0 Å². The van der Waals surface area contributed by atoms with Crippen LogP contribution in [0.25, 0.3) is 0 Å². The van der Waals surface area contributed by atoms with Gasteiger partial charge >= 0.3 is 0 Å². The number of hydrogen-bond donors (Lipinski definition) is 2. The molecule has 1 fully saturated rings. The van der Waals surface area contributed by atoms with Gasteiger partial charge in [-0.25, -0.2) is 0 Å². The maximum atomic E-state index is 12.0. The molecule has 3 unspecified atom stereocenters. The third-order valence-corrected chi connectivity index (χ3v) is 3.76. The lowest BCUT2D eigenvalue weighted by atomic mass is 10.1. The molecular weight excluding hydrogens is 228 g/mol. The molecule has 1 heterocycles. The second-order valence-corrected chi connectivity index (χ2v) is 5.25. The van der Waals surface area contributed by atoms with Crippen LogP contribution in [0.2, 0.25) is 0 Å². The van der Waals surface area contributed by atoms with Gasteiger partial charge < -0.3 is 15.4 Å². The Labute approximate surface area is 111 Å². The summed E-state index contributed by atoms with van der Waals surface area (Å²) in [7, 11) is 0. The Morgan fingerprint density at radius 2 is 2.00 bits per heavy atom. The monoisotopic (exact) mass is 256 g/mol. The summed E-state index contributed by atoms with van der Waals surface area (Å²) in [4.78, 5) is 12.0. The first kappa shape index (κ1) is 15.4. The average molecular weight is 256 g/mol. The van der Waals surface area contributed by atoms with Crippen molar-refractivity contribution in [2.75, 3.05) is 6.61 Å². The highest BCUT2D eigenvalue weighted by Crippen LogP contribution is 2.15. The summed E-state index contributed by atoms with van der Waals surface area (Å²) in [6.45, 7) is 9.06. The third-order valence-electron chi connectivity index (χ3n) is 3.76. The van der Waals surface area contributed by atoms with Gasteiger partial charge in [-0.05, 0) is 39.5 Å². The van der Waals surface area contributed by atoms with E-state index in [1.54, 1.807) is 0 Å². The van der Waals surface area contributed by atoms with Gasteiger partial charge in [-0.1, -0.05) is 13.8 Å². The molecule has 4 nitrogen and oxygen atoms in total. The molecule has 106 valence electrons. The molecule has 0 radical (unpaired) electrons. The first-order valence-electron chi connectivity index (χ1n) is 7.26. The van der Waals surface area contributed by atoms with Crippen LogP contribution in [0.3, 0.4) is 0 Å². The lowest BCUT2D eigenvalue weighted by molar-refractivity contribution is -0.123. The van der Waals surface area contributed by atoms with Gasteiger partial charge in [0.05, 0.1) is 12.1 Å². The fourth-order valence-electron chi connectivity index (χ4n) is 2.39. The van der Waals surface area contributed by atoms with Gasteiger partial charge in [-0.3, -0.25) is 4.79 Å². The van der Waals surface area contributed by atoms with Crippen molar-refractivity contribution >= 4 is 5.91 Å². The van der Waals surface area contributed by atoms with Crippen molar-refractivity contribution in [3.05, 3.63) is 0 Å². The highest BCUT2D eigenvalue weighted by molar-refractivity contribution is 5.81. The largest absolute Gasteiger partial charge is 0.377 e. The zero-order chi connectivity index (χ0) is 13.5. The number of amides is 1. The lowest BCUT2D eigenvalue weighted by Gasteiger charge is -2.25. The fourth-order valence-corrected chi connectivity index (χ4v) is 2.39. The second-order valence-electron chi connectivity index (χ2n) is 5.25. The fraction of sp³-hybridized carbons (Fsp3) is 0.929. The minimum atomic E-state index is -0.162. The molecule has 1 amide bonds. The van der Waals surface area contributed by atoms with Gasteiger partial charge in [0.25, 0.3) is 0 Å². The average Bonchev–Trinajstić information content (AvgIpc) is 2.89. The molecule has 4 heteroatoms. The van der Waals surface area contributed by atoms with Gasteiger partial charge in [0.1, 0.15) is 0 Å². The third kappa shape index (κ3) is 4.58. The predicted molar refractivity (Wildman–Crippen MR) is 73.5 cm³/mol. The number of ether oxygens (including phenoxy) is 1. The molecule has 0 aromatic carbocycles. The van der Waals surface area contributed by atoms with E-state index in [9.17, 15) is 4.79 Å². The van der Waals surface area contributed by atoms with Crippen molar-refractivity contribution in [3.8, 4) is 0 Å². The molecule has 1 aliphatic rings. The summed E-state index contributed by atoms with van der Waals surface area (Å²) in [5, 5.41) is 6.41. The Bertz CT molecular complexity index is 248. The van der Waals surface area contributed by atoms with E-state index in [4.69, 9.17) is 4.74 Å². The molecular formula is C14H28N2O2. The Hall–Kier alpha value is -0.610. The van der Waals surface area contributed by atoms with Gasteiger partial charge in [0.15, 0.2) is 0 Å². The smallest absolute Gasteiger partial charge is 0.237 e. The minimum absolute atomic E-state index is 0.0912. The molecule has 0 aromatic heterocycles. The van der Waals surface area contributed by atoms with E-state index in [-0.39, 0.29) is 24.1 Å². The Balaban J connectivity index is 2.34. The van der Waals surface area contributed by atoms with Crippen LogP contribution in [0.1, 0.15) is 53.4 Å². The van der Waals surface area contributed by atoms with Crippen molar-refractivity contribution in [1.29, 1.82) is 0 Å². The highest BCUT2D eigenvalue weighted by Gasteiger charge is 2.25. The van der Waals surface area contributed by atoms with E-state index in [0.29, 0.717) is 6.04 Å². The quantitative estimate of drug-likeness (QED) is 0.731. The van der Waals surface area contributed by atoms with E-state index < -0.39 is 0 Å². The van der Waals surface area contributed by atoms with E-state index in [1.807, 2.05) is 6.92 Å². The zero-order valence-electron chi connectivity index (χ0n) is 12.2. The molecule has 3 atom stereocenters. The van der Waals surface area contributed by atoms with Crippen LogP contribution in [0.15, 0.2) is 0 Å². The molecule has 0 saturated carbocycles. The zero-order valence-corrected chi connectivity index (χ0v) is 12.2. The Kier molecular flexibility index (Phi) is 6.65. The molecule has 0 bridgehead atoms. The molecule has 1 rings (SSSR count). The highest BCUT2D eigenvalue weighted by atomic mass is 16.5. The molecule has 0 spiro atoms. The number of nitrogens with one attached hydrogen (secondary N) is 2. The standard InChI is InChI=1S/C14H28N2O2/c1-5-12(6-2)16-14(17)11(4)15-10(3)13-8-7-9-18-13/h10-13,15H,5-9H2,1-4H3,(H,16,17). The van der Waals surface area contributed by atoms with E-state index >= 15 is 0 Å². The minimum Gasteiger partial charge on any atom is -0.377 e. The van der Waals surface area contributed by atoms with Crippen LogP contribution < -0.4 is 10.6 Å². The van der Waals surface area contributed by atoms with Crippen molar-refractivity contribution in [2.24, 2.45) is 0 Å². The van der Waals surface area contributed by atoms with Crippen molar-refractivity contribution < 1.29 is 9.53 Å². The van der Waals surface area contributed by atoms with Crippen LogP contribution in [0.4, 0.5) is 0 Å². The number of carbonyl (C=O) groups is 1. The van der Waals surface area contributed by atoms with Crippen LogP contribution in [-0.2, 0) is 9.53 Å². The maximum absolute atomic E-state index is 12.0. The summed E-state index contributed by atoms with van der Waals surface area (Å²) in [6.07, 6.45) is 4.44. The van der Waals surface area contributed by atoms with Crippen molar-refractivity contribution in [1.82, 2.24) is 10.6 Å². The molecule has 18 heavy (non-hydrogen) atoms.